The highest BCUT2D eigenvalue weighted by atomic mass is 16.2. The molecule has 1 atom stereocenters. The average molecular weight is 328 g/mol. The predicted molar refractivity (Wildman–Crippen MR) is 89.8 cm³/mol. The Morgan fingerprint density at radius 2 is 2.08 bits per heavy atom. The van der Waals surface area contributed by atoms with Crippen LogP contribution in [0.2, 0.25) is 0 Å². The summed E-state index contributed by atoms with van der Waals surface area (Å²) in [5, 5.41) is 9.71. The minimum atomic E-state index is -0.539. The van der Waals surface area contributed by atoms with Gasteiger partial charge < -0.3 is 10.6 Å². The molecular weight excluding hydrogens is 308 g/mol. The number of anilines is 2. The van der Waals surface area contributed by atoms with Gasteiger partial charge in [0.15, 0.2) is 0 Å². The molecule has 1 aliphatic rings. The highest BCUT2D eigenvalue weighted by molar-refractivity contribution is 6.02. The van der Waals surface area contributed by atoms with Crippen LogP contribution in [-0.2, 0) is 11.8 Å². The lowest BCUT2D eigenvalue weighted by Crippen LogP contribution is -2.43. The molecule has 0 bridgehead atoms. The van der Waals surface area contributed by atoms with Crippen LogP contribution < -0.4 is 15.5 Å². The maximum Gasteiger partial charge on any atom is 0.319 e. The summed E-state index contributed by atoms with van der Waals surface area (Å²) in [7, 11) is 1.80. The molecule has 1 aliphatic heterocycles. The molecule has 3 heterocycles. The van der Waals surface area contributed by atoms with Gasteiger partial charge in [0.2, 0.25) is 0 Å². The van der Waals surface area contributed by atoms with E-state index in [1.807, 2.05) is 19.9 Å². The number of aryl methyl sites for hydroxylation is 3. The Bertz CT molecular complexity index is 785. The van der Waals surface area contributed by atoms with E-state index in [-0.39, 0.29) is 5.91 Å². The number of carbonyl (C=O) groups excluding carboxylic acids is 2. The maximum atomic E-state index is 12.5. The molecule has 2 N–H and O–H groups in total. The van der Waals surface area contributed by atoms with Crippen LogP contribution in [0.25, 0.3) is 0 Å². The Morgan fingerprint density at radius 1 is 1.29 bits per heavy atom. The lowest BCUT2D eigenvalue weighted by molar-refractivity contribution is -0.118. The number of hydrogen-bond acceptors (Lipinski definition) is 4. The Kier molecular flexibility index (Phi) is 4.20. The largest absolute Gasteiger partial charge is 0.326 e. The zero-order valence-electron chi connectivity index (χ0n) is 13.9. The van der Waals surface area contributed by atoms with Gasteiger partial charge in [0.25, 0.3) is 5.91 Å². The molecule has 1 saturated heterocycles. The molecule has 0 aliphatic carbocycles. The first-order chi connectivity index (χ1) is 11.4. The van der Waals surface area contributed by atoms with E-state index >= 15 is 0 Å². The van der Waals surface area contributed by atoms with E-state index in [0.29, 0.717) is 18.7 Å². The summed E-state index contributed by atoms with van der Waals surface area (Å²) in [4.78, 5) is 30.4. The monoisotopic (exact) mass is 328 g/mol. The number of hydrogen-bond donors (Lipinski definition) is 2. The first-order valence-corrected chi connectivity index (χ1v) is 7.76. The number of aromatic nitrogens is 3. The fourth-order valence-corrected chi connectivity index (χ4v) is 2.84. The lowest BCUT2D eigenvalue weighted by Gasteiger charge is -2.17. The normalized spacial score (nSPS) is 17.2. The molecule has 1 fully saturated rings. The number of amides is 3. The molecule has 0 saturated carbocycles. The van der Waals surface area contributed by atoms with Crippen LogP contribution in [0, 0.1) is 13.8 Å². The summed E-state index contributed by atoms with van der Waals surface area (Å²) >= 11 is 0. The van der Waals surface area contributed by atoms with Crippen molar-refractivity contribution < 1.29 is 9.59 Å². The van der Waals surface area contributed by atoms with Crippen molar-refractivity contribution in [2.24, 2.45) is 7.05 Å². The summed E-state index contributed by atoms with van der Waals surface area (Å²) < 4.78 is 1.68. The van der Waals surface area contributed by atoms with E-state index in [9.17, 15) is 9.59 Å². The number of pyridine rings is 1. The molecule has 0 radical (unpaired) electrons. The topological polar surface area (TPSA) is 92.2 Å². The minimum Gasteiger partial charge on any atom is -0.326 e. The molecule has 24 heavy (non-hydrogen) atoms. The van der Waals surface area contributed by atoms with Gasteiger partial charge in [0.1, 0.15) is 11.9 Å². The summed E-state index contributed by atoms with van der Waals surface area (Å²) in [5.74, 6) is 0.617. The quantitative estimate of drug-likeness (QED) is 0.890. The fourth-order valence-electron chi connectivity index (χ4n) is 2.84. The third-order valence-corrected chi connectivity index (χ3v) is 3.92. The Morgan fingerprint density at radius 3 is 2.75 bits per heavy atom. The third kappa shape index (κ3) is 3.22. The van der Waals surface area contributed by atoms with Gasteiger partial charge in [0, 0.05) is 37.2 Å². The summed E-state index contributed by atoms with van der Waals surface area (Å²) in [5.41, 5.74) is 2.30. The van der Waals surface area contributed by atoms with Crippen LogP contribution in [0.3, 0.4) is 0 Å². The highest BCUT2D eigenvalue weighted by Gasteiger charge is 2.35. The number of nitrogens with one attached hydrogen (secondary N) is 2. The zero-order chi connectivity index (χ0) is 17.3. The van der Waals surface area contributed by atoms with Crippen molar-refractivity contribution in [2.45, 2.75) is 26.3 Å². The Balaban J connectivity index is 1.63. The molecule has 8 heteroatoms. The molecule has 2 aromatic rings. The van der Waals surface area contributed by atoms with Gasteiger partial charge in [-0.25, -0.2) is 4.79 Å². The zero-order valence-corrected chi connectivity index (χ0v) is 13.9. The minimum absolute atomic E-state index is 0.126. The van der Waals surface area contributed by atoms with Crippen LogP contribution in [0.5, 0.6) is 0 Å². The van der Waals surface area contributed by atoms with Gasteiger partial charge in [0.05, 0.1) is 5.69 Å². The Labute approximate surface area is 139 Å². The van der Waals surface area contributed by atoms with Crippen LogP contribution in [0.15, 0.2) is 24.4 Å². The molecule has 0 aromatic carbocycles. The average Bonchev–Trinajstić information content (AvgIpc) is 3.02. The summed E-state index contributed by atoms with van der Waals surface area (Å²) in [6, 6.07) is 4.39. The molecule has 3 amide bonds. The van der Waals surface area contributed by atoms with E-state index in [0.717, 1.165) is 17.2 Å². The van der Waals surface area contributed by atoms with Gasteiger partial charge >= 0.3 is 6.03 Å². The molecule has 1 unspecified atom stereocenters. The van der Waals surface area contributed by atoms with E-state index in [1.54, 1.807) is 35.0 Å². The van der Waals surface area contributed by atoms with Crippen molar-refractivity contribution in [1.29, 1.82) is 0 Å². The van der Waals surface area contributed by atoms with Gasteiger partial charge in [-0.15, -0.1) is 0 Å². The predicted octanol–water partition coefficient (Wildman–Crippen LogP) is 1.36. The molecule has 8 nitrogen and oxygen atoms in total. The van der Waals surface area contributed by atoms with Gasteiger partial charge in [-0.05, 0) is 32.4 Å². The molecule has 3 rings (SSSR count). The van der Waals surface area contributed by atoms with Gasteiger partial charge in [-0.3, -0.25) is 19.4 Å². The van der Waals surface area contributed by atoms with Gasteiger partial charge in [-0.1, -0.05) is 0 Å². The fraction of sp³-hybridized carbons (Fsp3) is 0.375. The molecular formula is C16H20N6O2. The second-order valence-electron chi connectivity index (χ2n) is 5.88. The second-order valence-corrected chi connectivity index (χ2v) is 5.88. The number of carbonyl (C=O) groups is 2. The highest BCUT2D eigenvalue weighted by Crippen LogP contribution is 2.22. The van der Waals surface area contributed by atoms with Crippen LogP contribution >= 0.6 is 0 Å². The molecule has 126 valence electrons. The number of nitrogens with zero attached hydrogens (tertiary/aromatic N) is 4. The van der Waals surface area contributed by atoms with Gasteiger partial charge in [-0.2, -0.15) is 5.10 Å². The van der Waals surface area contributed by atoms with Crippen molar-refractivity contribution >= 4 is 23.4 Å². The van der Waals surface area contributed by atoms with E-state index in [2.05, 4.69) is 20.7 Å². The van der Waals surface area contributed by atoms with E-state index in [1.165, 1.54) is 0 Å². The van der Waals surface area contributed by atoms with Crippen molar-refractivity contribution in [3.05, 3.63) is 35.8 Å². The van der Waals surface area contributed by atoms with Crippen LogP contribution in [0.1, 0.15) is 17.8 Å². The Hall–Kier alpha value is -2.90. The van der Waals surface area contributed by atoms with Crippen molar-refractivity contribution in [1.82, 2.24) is 20.1 Å². The van der Waals surface area contributed by atoms with Crippen molar-refractivity contribution in [3.8, 4) is 0 Å². The maximum absolute atomic E-state index is 12.5. The van der Waals surface area contributed by atoms with E-state index in [4.69, 9.17) is 0 Å². The number of urea groups is 1. The summed E-state index contributed by atoms with van der Waals surface area (Å²) in [6.07, 6.45) is 2.18. The third-order valence-electron chi connectivity index (χ3n) is 3.92. The number of rotatable bonds is 3. The second kappa shape index (κ2) is 6.31. The van der Waals surface area contributed by atoms with Crippen LogP contribution in [0.4, 0.5) is 16.3 Å². The van der Waals surface area contributed by atoms with Crippen molar-refractivity contribution in [2.75, 3.05) is 16.8 Å². The molecule has 0 spiro atoms. The SMILES string of the molecule is Cc1cc(NC(=O)NC2CCN(c3cc(C)nn3C)C2=O)ccn1. The standard InChI is InChI=1S/C16H20N6O2/c1-10-8-12(4-6-17-10)18-16(24)19-13-5-7-22(15(13)23)14-9-11(2)20-21(14)3/h4,6,8-9,13H,5,7H2,1-3H3,(H2,17,18,19,24). The van der Waals surface area contributed by atoms with E-state index < -0.39 is 12.1 Å². The summed E-state index contributed by atoms with van der Waals surface area (Å²) in [6.45, 7) is 4.28. The lowest BCUT2D eigenvalue weighted by atomic mass is 10.2. The smallest absolute Gasteiger partial charge is 0.319 e. The van der Waals surface area contributed by atoms with Crippen LogP contribution in [-0.4, -0.2) is 39.3 Å². The first-order valence-electron chi connectivity index (χ1n) is 7.76. The van der Waals surface area contributed by atoms with Crippen molar-refractivity contribution in [3.63, 3.8) is 0 Å². The molecule has 2 aromatic heterocycles. The first kappa shape index (κ1) is 16.0.